The fourth-order valence-corrected chi connectivity index (χ4v) is 2.34. The molecule has 1 N–H and O–H groups in total. The first-order valence-electron chi connectivity index (χ1n) is 6.64. The number of carbonyl (C=O) groups is 1. The molecule has 1 amide bonds. The van der Waals surface area contributed by atoms with Gasteiger partial charge in [-0.1, -0.05) is 47.5 Å². The predicted octanol–water partition coefficient (Wildman–Crippen LogP) is 4.06. The van der Waals surface area contributed by atoms with Crippen LogP contribution in [-0.4, -0.2) is 16.9 Å². The van der Waals surface area contributed by atoms with Crippen molar-refractivity contribution < 1.29 is 4.79 Å². The van der Waals surface area contributed by atoms with E-state index in [-0.39, 0.29) is 22.1 Å². The summed E-state index contributed by atoms with van der Waals surface area (Å²) in [7, 11) is 0. The van der Waals surface area contributed by atoms with E-state index in [0.717, 1.165) is 6.42 Å². The SMILES string of the molecule is Cc1ccccc1CC(C)NC(=O)c1cnc(Cl)c(Cl)c1. The normalized spacial score (nSPS) is 12.0. The van der Waals surface area contributed by atoms with E-state index in [4.69, 9.17) is 23.2 Å². The molecule has 3 nitrogen and oxygen atoms in total. The van der Waals surface area contributed by atoms with Crippen LogP contribution in [0.4, 0.5) is 0 Å². The van der Waals surface area contributed by atoms with Crippen LogP contribution in [0.25, 0.3) is 0 Å². The first-order valence-corrected chi connectivity index (χ1v) is 7.39. The molecule has 0 saturated heterocycles. The summed E-state index contributed by atoms with van der Waals surface area (Å²) in [6, 6.07) is 9.66. The second-order valence-electron chi connectivity index (χ2n) is 5.00. The zero-order valence-electron chi connectivity index (χ0n) is 11.9. The van der Waals surface area contributed by atoms with Crippen LogP contribution < -0.4 is 5.32 Å². The fourth-order valence-electron chi connectivity index (χ4n) is 2.07. The molecule has 0 aliphatic rings. The molecule has 21 heavy (non-hydrogen) atoms. The molecule has 0 aliphatic carbocycles. The number of carbonyl (C=O) groups excluding carboxylic acids is 1. The Bertz CT molecular complexity index is 658. The van der Waals surface area contributed by atoms with Crippen molar-refractivity contribution in [1.82, 2.24) is 10.3 Å². The first-order chi connectivity index (χ1) is 9.97. The predicted molar refractivity (Wildman–Crippen MR) is 86.1 cm³/mol. The van der Waals surface area contributed by atoms with Crippen molar-refractivity contribution in [3.8, 4) is 0 Å². The van der Waals surface area contributed by atoms with Gasteiger partial charge in [0.05, 0.1) is 10.6 Å². The number of nitrogens with one attached hydrogen (secondary N) is 1. The highest BCUT2D eigenvalue weighted by atomic mass is 35.5. The third-order valence-corrected chi connectivity index (χ3v) is 3.91. The molecule has 1 atom stereocenters. The van der Waals surface area contributed by atoms with Crippen LogP contribution in [0, 0.1) is 6.92 Å². The Morgan fingerprint density at radius 1 is 1.33 bits per heavy atom. The van der Waals surface area contributed by atoms with Gasteiger partial charge in [0.15, 0.2) is 0 Å². The largest absolute Gasteiger partial charge is 0.349 e. The summed E-state index contributed by atoms with van der Waals surface area (Å²) < 4.78 is 0. The van der Waals surface area contributed by atoms with Gasteiger partial charge in [0, 0.05) is 12.2 Å². The molecule has 0 radical (unpaired) electrons. The van der Waals surface area contributed by atoms with E-state index in [1.54, 1.807) is 0 Å². The molecule has 1 aromatic heterocycles. The van der Waals surface area contributed by atoms with Crippen molar-refractivity contribution in [1.29, 1.82) is 0 Å². The smallest absolute Gasteiger partial charge is 0.253 e. The molecule has 0 fully saturated rings. The summed E-state index contributed by atoms with van der Waals surface area (Å²) in [6.07, 6.45) is 2.19. The van der Waals surface area contributed by atoms with Gasteiger partial charge in [0.2, 0.25) is 0 Å². The lowest BCUT2D eigenvalue weighted by Crippen LogP contribution is -2.34. The number of aromatic nitrogens is 1. The molecule has 5 heteroatoms. The summed E-state index contributed by atoms with van der Waals surface area (Å²) >= 11 is 11.6. The topological polar surface area (TPSA) is 42.0 Å². The molecular weight excluding hydrogens is 307 g/mol. The Labute approximate surface area is 134 Å². The van der Waals surface area contributed by atoms with Gasteiger partial charge in [0.1, 0.15) is 5.15 Å². The lowest BCUT2D eigenvalue weighted by Gasteiger charge is -2.15. The van der Waals surface area contributed by atoms with E-state index < -0.39 is 0 Å². The molecule has 0 aliphatic heterocycles. The Morgan fingerprint density at radius 2 is 2.05 bits per heavy atom. The molecule has 2 rings (SSSR count). The van der Waals surface area contributed by atoms with Crippen LogP contribution in [0.15, 0.2) is 36.5 Å². The molecule has 110 valence electrons. The van der Waals surface area contributed by atoms with Crippen molar-refractivity contribution in [3.63, 3.8) is 0 Å². The Hall–Kier alpha value is -1.58. The first kappa shape index (κ1) is 15.8. The second kappa shape index (κ2) is 6.92. The Morgan fingerprint density at radius 3 is 2.71 bits per heavy atom. The van der Waals surface area contributed by atoms with Gasteiger partial charge in [-0.05, 0) is 37.5 Å². The number of halogens is 2. The zero-order valence-corrected chi connectivity index (χ0v) is 13.4. The molecule has 1 unspecified atom stereocenters. The number of hydrogen-bond donors (Lipinski definition) is 1. The van der Waals surface area contributed by atoms with E-state index in [1.165, 1.54) is 23.4 Å². The van der Waals surface area contributed by atoms with Crippen molar-refractivity contribution in [2.45, 2.75) is 26.3 Å². The van der Waals surface area contributed by atoms with Gasteiger partial charge < -0.3 is 5.32 Å². The van der Waals surface area contributed by atoms with Crippen LogP contribution in [0.1, 0.15) is 28.4 Å². The van der Waals surface area contributed by atoms with Crippen LogP contribution in [0.2, 0.25) is 10.2 Å². The van der Waals surface area contributed by atoms with Crippen molar-refractivity contribution in [3.05, 3.63) is 63.4 Å². The minimum atomic E-state index is -0.206. The summed E-state index contributed by atoms with van der Waals surface area (Å²) in [5.41, 5.74) is 2.84. The summed E-state index contributed by atoms with van der Waals surface area (Å²) in [5.74, 6) is -0.206. The van der Waals surface area contributed by atoms with Crippen molar-refractivity contribution >= 4 is 29.1 Å². The van der Waals surface area contributed by atoms with Crippen LogP contribution >= 0.6 is 23.2 Å². The summed E-state index contributed by atoms with van der Waals surface area (Å²) in [4.78, 5) is 16.0. The molecule has 0 saturated carbocycles. The standard InChI is InChI=1S/C16H16Cl2N2O/c1-10-5-3-4-6-12(10)7-11(2)20-16(21)13-8-14(17)15(18)19-9-13/h3-6,8-9,11H,7H2,1-2H3,(H,20,21). The Kier molecular flexibility index (Phi) is 5.21. The maximum atomic E-state index is 12.1. The van der Waals surface area contributed by atoms with Crippen LogP contribution in [0.5, 0.6) is 0 Å². The highest BCUT2D eigenvalue weighted by molar-refractivity contribution is 6.41. The van der Waals surface area contributed by atoms with Crippen molar-refractivity contribution in [2.75, 3.05) is 0 Å². The number of pyridine rings is 1. The number of hydrogen-bond acceptors (Lipinski definition) is 2. The summed E-state index contributed by atoms with van der Waals surface area (Å²) in [6.45, 7) is 4.03. The number of aryl methyl sites for hydroxylation is 1. The van der Waals surface area contributed by atoms with Crippen molar-refractivity contribution in [2.24, 2.45) is 0 Å². The zero-order chi connectivity index (χ0) is 15.4. The number of amides is 1. The molecule has 0 bridgehead atoms. The molecule has 2 aromatic rings. The Balaban J connectivity index is 2.02. The van der Waals surface area contributed by atoms with Gasteiger partial charge in [-0.25, -0.2) is 4.98 Å². The number of rotatable bonds is 4. The highest BCUT2D eigenvalue weighted by Crippen LogP contribution is 2.19. The van der Waals surface area contributed by atoms with Gasteiger partial charge in [-0.15, -0.1) is 0 Å². The molecular formula is C16H16Cl2N2O. The monoisotopic (exact) mass is 322 g/mol. The van der Waals surface area contributed by atoms with E-state index in [0.29, 0.717) is 5.56 Å². The maximum Gasteiger partial charge on any atom is 0.253 e. The van der Waals surface area contributed by atoms with Gasteiger partial charge in [0.25, 0.3) is 5.91 Å². The molecule has 1 heterocycles. The fraction of sp³-hybridized carbons (Fsp3) is 0.250. The lowest BCUT2D eigenvalue weighted by molar-refractivity contribution is 0.0939. The number of nitrogens with zero attached hydrogens (tertiary/aromatic N) is 1. The summed E-state index contributed by atoms with van der Waals surface area (Å²) in [5, 5.41) is 3.41. The van der Waals surface area contributed by atoms with E-state index in [1.807, 2.05) is 19.1 Å². The minimum absolute atomic E-state index is 0.00746. The maximum absolute atomic E-state index is 12.1. The van der Waals surface area contributed by atoms with Gasteiger partial charge in [-0.2, -0.15) is 0 Å². The third kappa shape index (κ3) is 4.19. The quantitative estimate of drug-likeness (QED) is 0.862. The average Bonchev–Trinajstić information content (AvgIpc) is 2.44. The van der Waals surface area contributed by atoms with Crippen LogP contribution in [0.3, 0.4) is 0 Å². The van der Waals surface area contributed by atoms with Gasteiger partial charge >= 0.3 is 0 Å². The highest BCUT2D eigenvalue weighted by Gasteiger charge is 2.13. The lowest BCUT2D eigenvalue weighted by atomic mass is 10.0. The van der Waals surface area contributed by atoms with Crippen LogP contribution in [-0.2, 0) is 6.42 Å². The van der Waals surface area contributed by atoms with E-state index in [9.17, 15) is 4.79 Å². The van der Waals surface area contributed by atoms with E-state index in [2.05, 4.69) is 29.4 Å². The molecule has 0 spiro atoms. The average molecular weight is 323 g/mol. The van der Waals surface area contributed by atoms with Gasteiger partial charge in [-0.3, -0.25) is 4.79 Å². The minimum Gasteiger partial charge on any atom is -0.349 e. The van der Waals surface area contributed by atoms with E-state index >= 15 is 0 Å². The molecule has 1 aromatic carbocycles. The second-order valence-corrected chi connectivity index (χ2v) is 5.77. The number of benzene rings is 1. The third-order valence-electron chi connectivity index (χ3n) is 3.22.